The number of nitrogens with zero attached hydrogens (tertiary/aromatic N) is 2. The quantitative estimate of drug-likeness (QED) is 0.661. The van der Waals surface area contributed by atoms with Crippen LogP contribution in [0.5, 0.6) is 0 Å². The molecule has 1 aliphatic heterocycles. The number of nitrogens with two attached hydrogens (primary N) is 1. The monoisotopic (exact) mass is 347 g/mol. The molecule has 9 heteroatoms. The van der Waals surface area contributed by atoms with E-state index in [1.165, 1.54) is 16.4 Å². The minimum atomic E-state index is -3.89. The minimum Gasteiger partial charge on any atom is -0.330 e. The maximum absolute atomic E-state index is 12.8. The van der Waals surface area contributed by atoms with Gasteiger partial charge in [-0.1, -0.05) is 18.5 Å². The molecule has 1 aromatic carbocycles. The average molecular weight is 348 g/mol. The van der Waals surface area contributed by atoms with E-state index in [9.17, 15) is 18.5 Å². The van der Waals surface area contributed by atoms with E-state index >= 15 is 0 Å². The van der Waals surface area contributed by atoms with Crippen LogP contribution in [0.3, 0.4) is 0 Å². The number of hydrogen-bond donors (Lipinski definition) is 1. The Morgan fingerprint density at radius 1 is 1.50 bits per heavy atom. The summed E-state index contributed by atoms with van der Waals surface area (Å²) in [4.78, 5) is 10.1. The maximum atomic E-state index is 12.8. The fourth-order valence-electron chi connectivity index (χ4n) is 2.53. The third-order valence-corrected chi connectivity index (χ3v) is 6.37. The van der Waals surface area contributed by atoms with Gasteiger partial charge >= 0.3 is 0 Å². The van der Waals surface area contributed by atoms with E-state index in [2.05, 4.69) is 0 Å². The first kappa shape index (κ1) is 17.1. The van der Waals surface area contributed by atoms with Crippen LogP contribution >= 0.6 is 11.6 Å². The zero-order valence-electron chi connectivity index (χ0n) is 12.4. The van der Waals surface area contributed by atoms with Gasteiger partial charge in [-0.3, -0.25) is 10.1 Å². The van der Waals surface area contributed by atoms with E-state index < -0.39 is 20.6 Å². The van der Waals surface area contributed by atoms with Gasteiger partial charge in [-0.15, -0.1) is 0 Å². The summed E-state index contributed by atoms with van der Waals surface area (Å²) in [7, 11) is -3.89. The van der Waals surface area contributed by atoms with Crippen molar-refractivity contribution in [3.63, 3.8) is 0 Å². The highest BCUT2D eigenvalue weighted by Crippen LogP contribution is 2.37. The van der Waals surface area contributed by atoms with Gasteiger partial charge in [0.15, 0.2) is 0 Å². The lowest BCUT2D eigenvalue weighted by Gasteiger charge is -2.22. The molecule has 0 amide bonds. The van der Waals surface area contributed by atoms with Gasteiger partial charge in [0.25, 0.3) is 5.69 Å². The topological polar surface area (TPSA) is 107 Å². The molecule has 1 fully saturated rings. The third-order valence-electron chi connectivity index (χ3n) is 3.99. The number of sulfonamides is 1. The van der Waals surface area contributed by atoms with E-state index in [0.717, 1.165) is 0 Å². The van der Waals surface area contributed by atoms with Crippen molar-refractivity contribution < 1.29 is 13.3 Å². The lowest BCUT2D eigenvalue weighted by atomic mass is 9.90. The minimum absolute atomic E-state index is 0.220. The Kier molecular flexibility index (Phi) is 4.49. The lowest BCUT2D eigenvalue weighted by Crippen LogP contribution is -2.34. The molecule has 1 aliphatic rings. The molecule has 0 aromatic heterocycles. The Hall–Kier alpha value is -1.22. The Labute approximate surface area is 134 Å². The van der Waals surface area contributed by atoms with Gasteiger partial charge in [-0.2, -0.15) is 4.31 Å². The number of rotatable bonds is 4. The lowest BCUT2D eigenvalue weighted by molar-refractivity contribution is -0.385. The molecule has 0 aliphatic carbocycles. The molecule has 2 rings (SSSR count). The highest BCUT2D eigenvalue weighted by Gasteiger charge is 2.40. The molecule has 0 spiro atoms. The predicted molar refractivity (Wildman–Crippen MR) is 83.4 cm³/mol. The van der Waals surface area contributed by atoms with Gasteiger partial charge in [-0.05, 0) is 36.9 Å². The van der Waals surface area contributed by atoms with Crippen molar-refractivity contribution in [1.29, 1.82) is 0 Å². The molecule has 1 unspecified atom stereocenters. The van der Waals surface area contributed by atoms with Crippen LogP contribution in [0.15, 0.2) is 17.0 Å². The molecule has 1 atom stereocenters. The van der Waals surface area contributed by atoms with Crippen molar-refractivity contribution in [3.8, 4) is 0 Å². The summed E-state index contributed by atoms with van der Waals surface area (Å²) >= 11 is 5.97. The fraction of sp³-hybridized carbons (Fsp3) is 0.538. The Morgan fingerprint density at radius 3 is 2.64 bits per heavy atom. The van der Waals surface area contributed by atoms with Crippen molar-refractivity contribution >= 4 is 27.3 Å². The highest BCUT2D eigenvalue weighted by atomic mass is 35.5. The first-order chi connectivity index (χ1) is 10.1. The number of aryl methyl sites for hydroxylation is 1. The normalized spacial score (nSPS) is 22.9. The Balaban J connectivity index is 2.49. The predicted octanol–water partition coefficient (Wildman–Crippen LogP) is 1.92. The molecule has 0 bridgehead atoms. The molecule has 1 saturated heterocycles. The van der Waals surface area contributed by atoms with Crippen molar-refractivity contribution in [2.24, 2.45) is 11.1 Å². The largest absolute Gasteiger partial charge is 0.330 e. The first-order valence-electron chi connectivity index (χ1n) is 6.75. The van der Waals surface area contributed by atoms with E-state index in [4.69, 9.17) is 17.3 Å². The molecular weight excluding hydrogens is 330 g/mol. The number of benzene rings is 1. The first-order valence-corrected chi connectivity index (χ1v) is 8.57. The van der Waals surface area contributed by atoms with Crippen LogP contribution < -0.4 is 5.73 Å². The smallest absolute Gasteiger partial charge is 0.289 e. The van der Waals surface area contributed by atoms with Crippen LogP contribution in [0.25, 0.3) is 0 Å². The third kappa shape index (κ3) is 2.96. The van der Waals surface area contributed by atoms with E-state index in [1.807, 2.05) is 6.92 Å². The summed E-state index contributed by atoms with van der Waals surface area (Å²) < 4.78 is 26.8. The van der Waals surface area contributed by atoms with Gasteiger partial charge in [-0.25, -0.2) is 8.42 Å². The zero-order valence-corrected chi connectivity index (χ0v) is 13.9. The molecule has 1 heterocycles. The summed E-state index contributed by atoms with van der Waals surface area (Å²) in [6.45, 7) is 4.50. The van der Waals surface area contributed by atoms with Crippen LogP contribution in [0.1, 0.15) is 18.9 Å². The number of hydrogen-bond acceptors (Lipinski definition) is 5. The fourth-order valence-corrected chi connectivity index (χ4v) is 4.75. The second-order valence-electron chi connectivity index (χ2n) is 5.96. The molecule has 7 nitrogen and oxygen atoms in total. The molecule has 0 saturated carbocycles. The second kappa shape index (κ2) is 5.77. The number of nitro benzene ring substituents is 1. The molecule has 22 heavy (non-hydrogen) atoms. The zero-order chi connectivity index (χ0) is 16.7. The summed E-state index contributed by atoms with van der Waals surface area (Å²) in [6.07, 6.45) is 0.647. The molecule has 2 N–H and O–H groups in total. The standard InChI is InChI=1S/C13H18ClN3O4S/c1-9-5-10(17(18)19)12(14)11(6-9)22(20,21)16-4-3-13(2,7-15)8-16/h5-6H,3-4,7-8,15H2,1-2H3. The van der Waals surface area contributed by atoms with Gasteiger partial charge in [0.1, 0.15) is 9.92 Å². The molecule has 122 valence electrons. The maximum Gasteiger partial charge on any atom is 0.289 e. The van der Waals surface area contributed by atoms with Crippen LogP contribution in [0, 0.1) is 22.5 Å². The van der Waals surface area contributed by atoms with Crippen molar-refractivity contribution in [1.82, 2.24) is 4.31 Å². The van der Waals surface area contributed by atoms with Gasteiger partial charge in [0, 0.05) is 19.2 Å². The summed E-state index contributed by atoms with van der Waals surface area (Å²) in [6, 6.07) is 2.62. The van der Waals surface area contributed by atoms with E-state index in [-0.39, 0.29) is 21.9 Å². The van der Waals surface area contributed by atoms with Crippen molar-refractivity contribution in [2.45, 2.75) is 25.2 Å². The van der Waals surface area contributed by atoms with Crippen LogP contribution in [0.4, 0.5) is 5.69 Å². The Morgan fingerprint density at radius 2 is 2.14 bits per heavy atom. The van der Waals surface area contributed by atoms with Gasteiger partial charge in [0.05, 0.1) is 4.92 Å². The van der Waals surface area contributed by atoms with Crippen LogP contribution in [0.2, 0.25) is 5.02 Å². The van der Waals surface area contributed by atoms with Gasteiger partial charge in [0.2, 0.25) is 10.0 Å². The average Bonchev–Trinajstić information content (AvgIpc) is 2.84. The Bertz CT molecular complexity index is 722. The van der Waals surface area contributed by atoms with Crippen LogP contribution in [-0.4, -0.2) is 37.3 Å². The summed E-state index contributed by atoms with van der Waals surface area (Å²) in [5.41, 5.74) is 5.48. The SMILES string of the molecule is Cc1cc([N+](=O)[O-])c(Cl)c(S(=O)(=O)N2CCC(C)(CN)C2)c1. The van der Waals surface area contributed by atoms with Gasteiger partial charge < -0.3 is 5.73 Å². The van der Waals surface area contributed by atoms with E-state index in [1.54, 1.807) is 6.92 Å². The highest BCUT2D eigenvalue weighted by molar-refractivity contribution is 7.89. The molecular formula is C13H18ClN3O4S. The summed E-state index contributed by atoms with van der Waals surface area (Å²) in [5, 5.41) is 10.7. The van der Waals surface area contributed by atoms with Crippen molar-refractivity contribution in [2.75, 3.05) is 19.6 Å². The van der Waals surface area contributed by atoms with Crippen molar-refractivity contribution in [3.05, 3.63) is 32.8 Å². The number of nitro groups is 1. The van der Waals surface area contributed by atoms with E-state index in [0.29, 0.717) is 25.1 Å². The number of halogens is 1. The molecule has 1 aromatic rings. The van der Waals surface area contributed by atoms with Crippen LogP contribution in [-0.2, 0) is 10.0 Å². The second-order valence-corrected chi connectivity index (χ2v) is 8.24. The summed E-state index contributed by atoms with van der Waals surface area (Å²) in [5.74, 6) is 0. The molecule has 0 radical (unpaired) electrons.